The second kappa shape index (κ2) is 5.70. The quantitative estimate of drug-likeness (QED) is 0.725. The molecule has 3 nitrogen and oxygen atoms in total. The van der Waals surface area contributed by atoms with E-state index in [-0.39, 0.29) is 0 Å². The van der Waals surface area contributed by atoms with Crippen LogP contribution < -0.4 is 0 Å². The van der Waals surface area contributed by atoms with Gasteiger partial charge >= 0.3 is 0 Å². The summed E-state index contributed by atoms with van der Waals surface area (Å²) in [4.78, 5) is 6.79. The molecule has 0 radical (unpaired) electrons. The van der Waals surface area contributed by atoms with E-state index in [4.69, 9.17) is 0 Å². The average Bonchev–Trinajstić information content (AvgIpc) is 2.84. The van der Waals surface area contributed by atoms with Crippen LogP contribution in [0.5, 0.6) is 0 Å². The SMILES string of the molecule is CC(c1ccccn1)N(C)Cc1cc2ccccc2n1C. The summed E-state index contributed by atoms with van der Waals surface area (Å²) in [6.07, 6.45) is 1.86. The van der Waals surface area contributed by atoms with E-state index in [1.165, 1.54) is 16.6 Å². The highest BCUT2D eigenvalue weighted by molar-refractivity contribution is 5.81. The molecule has 3 heteroatoms. The predicted octanol–water partition coefficient (Wildman–Crippen LogP) is 3.77. The van der Waals surface area contributed by atoms with E-state index in [1.54, 1.807) is 0 Å². The molecule has 0 N–H and O–H groups in total. The summed E-state index contributed by atoms with van der Waals surface area (Å²) in [6, 6.07) is 17.2. The van der Waals surface area contributed by atoms with E-state index in [1.807, 2.05) is 18.3 Å². The number of pyridine rings is 1. The first-order valence-electron chi connectivity index (χ1n) is 7.31. The Morgan fingerprint density at radius 2 is 1.90 bits per heavy atom. The zero-order valence-electron chi connectivity index (χ0n) is 12.8. The first-order chi connectivity index (χ1) is 10.2. The van der Waals surface area contributed by atoms with Gasteiger partial charge in [0.15, 0.2) is 0 Å². The van der Waals surface area contributed by atoms with Gasteiger partial charge in [-0.2, -0.15) is 0 Å². The van der Waals surface area contributed by atoms with Crippen LogP contribution in [0.4, 0.5) is 0 Å². The Kier molecular flexibility index (Phi) is 3.76. The van der Waals surface area contributed by atoms with E-state index in [0.717, 1.165) is 12.2 Å². The number of rotatable bonds is 4. The molecule has 0 spiro atoms. The summed E-state index contributed by atoms with van der Waals surface area (Å²) in [6.45, 7) is 3.11. The third-order valence-corrected chi connectivity index (χ3v) is 4.24. The van der Waals surface area contributed by atoms with Gasteiger partial charge in [-0.3, -0.25) is 9.88 Å². The van der Waals surface area contributed by atoms with Gasteiger partial charge in [-0.25, -0.2) is 0 Å². The topological polar surface area (TPSA) is 21.1 Å². The summed E-state index contributed by atoms with van der Waals surface area (Å²) in [7, 11) is 4.29. The average molecular weight is 279 g/mol. The maximum absolute atomic E-state index is 4.46. The van der Waals surface area contributed by atoms with E-state index < -0.39 is 0 Å². The molecule has 3 rings (SSSR count). The van der Waals surface area contributed by atoms with Crippen LogP contribution in [0.2, 0.25) is 0 Å². The van der Waals surface area contributed by atoms with E-state index in [0.29, 0.717) is 6.04 Å². The number of benzene rings is 1. The fourth-order valence-electron chi connectivity index (χ4n) is 2.74. The van der Waals surface area contributed by atoms with Gasteiger partial charge in [0.2, 0.25) is 0 Å². The number of aryl methyl sites for hydroxylation is 1. The lowest BCUT2D eigenvalue weighted by Gasteiger charge is -2.24. The fourth-order valence-corrected chi connectivity index (χ4v) is 2.74. The normalized spacial score (nSPS) is 13.0. The third-order valence-electron chi connectivity index (χ3n) is 4.24. The van der Waals surface area contributed by atoms with Crippen molar-refractivity contribution in [1.29, 1.82) is 0 Å². The minimum Gasteiger partial charge on any atom is -0.346 e. The van der Waals surface area contributed by atoms with Crippen LogP contribution >= 0.6 is 0 Å². The molecule has 1 aromatic carbocycles. The predicted molar refractivity (Wildman–Crippen MR) is 87.0 cm³/mol. The molecule has 108 valence electrons. The van der Waals surface area contributed by atoms with Gasteiger partial charge in [0, 0.05) is 37.0 Å². The van der Waals surface area contributed by atoms with Crippen molar-refractivity contribution in [3.05, 3.63) is 66.1 Å². The molecule has 0 fully saturated rings. The number of hydrogen-bond donors (Lipinski definition) is 0. The van der Waals surface area contributed by atoms with Gasteiger partial charge in [0.1, 0.15) is 0 Å². The first-order valence-corrected chi connectivity index (χ1v) is 7.31. The molecule has 0 aliphatic carbocycles. The Bertz CT molecular complexity index is 731. The molecule has 0 saturated heterocycles. The summed E-state index contributed by atoms with van der Waals surface area (Å²) in [5, 5.41) is 1.30. The molecule has 21 heavy (non-hydrogen) atoms. The summed E-state index contributed by atoms with van der Waals surface area (Å²) < 4.78 is 2.27. The Morgan fingerprint density at radius 1 is 1.14 bits per heavy atom. The van der Waals surface area contributed by atoms with Crippen LogP contribution in [-0.2, 0) is 13.6 Å². The Morgan fingerprint density at radius 3 is 2.62 bits per heavy atom. The van der Waals surface area contributed by atoms with Crippen LogP contribution in [0.3, 0.4) is 0 Å². The lowest BCUT2D eigenvalue weighted by atomic mass is 10.2. The number of aromatic nitrogens is 2. The van der Waals surface area contributed by atoms with Crippen molar-refractivity contribution in [1.82, 2.24) is 14.5 Å². The standard InChI is InChI=1S/C18H21N3/c1-14(17-9-6-7-11-19-17)20(2)13-16-12-15-8-4-5-10-18(15)21(16)3/h4-12,14H,13H2,1-3H3. The largest absolute Gasteiger partial charge is 0.346 e. The molecule has 2 heterocycles. The summed E-state index contributed by atoms with van der Waals surface area (Å²) >= 11 is 0. The third kappa shape index (κ3) is 2.69. The number of para-hydroxylation sites is 1. The van der Waals surface area contributed by atoms with Gasteiger partial charge in [0.25, 0.3) is 0 Å². The van der Waals surface area contributed by atoms with Crippen molar-refractivity contribution in [2.75, 3.05) is 7.05 Å². The Labute approximate surface area is 125 Å². The molecule has 0 aliphatic rings. The lowest BCUT2D eigenvalue weighted by molar-refractivity contribution is 0.244. The van der Waals surface area contributed by atoms with E-state index >= 15 is 0 Å². The van der Waals surface area contributed by atoms with Crippen molar-refractivity contribution in [2.24, 2.45) is 7.05 Å². The van der Waals surface area contributed by atoms with E-state index in [9.17, 15) is 0 Å². The lowest BCUT2D eigenvalue weighted by Crippen LogP contribution is -2.23. The molecule has 2 aromatic heterocycles. The van der Waals surface area contributed by atoms with Crippen molar-refractivity contribution < 1.29 is 0 Å². The highest BCUT2D eigenvalue weighted by Crippen LogP contribution is 2.22. The first kappa shape index (κ1) is 13.8. The van der Waals surface area contributed by atoms with Crippen molar-refractivity contribution >= 4 is 10.9 Å². The van der Waals surface area contributed by atoms with Crippen LogP contribution in [-0.4, -0.2) is 21.5 Å². The van der Waals surface area contributed by atoms with Gasteiger partial charge in [-0.15, -0.1) is 0 Å². The van der Waals surface area contributed by atoms with Crippen molar-refractivity contribution in [3.63, 3.8) is 0 Å². The molecule has 0 aliphatic heterocycles. The van der Waals surface area contributed by atoms with Crippen LogP contribution in [0, 0.1) is 0 Å². The minimum absolute atomic E-state index is 0.296. The van der Waals surface area contributed by atoms with Gasteiger partial charge < -0.3 is 4.57 Å². The molecular weight excluding hydrogens is 258 g/mol. The summed E-state index contributed by atoms with van der Waals surface area (Å²) in [5.41, 5.74) is 3.71. The van der Waals surface area contributed by atoms with Crippen LogP contribution in [0.25, 0.3) is 10.9 Å². The number of fused-ring (bicyclic) bond motifs is 1. The highest BCUT2D eigenvalue weighted by atomic mass is 15.2. The molecule has 0 bridgehead atoms. The Balaban J connectivity index is 1.83. The van der Waals surface area contributed by atoms with Crippen LogP contribution in [0.1, 0.15) is 24.4 Å². The van der Waals surface area contributed by atoms with E-state index in [2.05, 4.69) is 71.9 Å². The molecule has 1 atom stereocenters. The van der Waals surface area contributed by atoms with Gasteiger partial charge in [0.05, 0.1) is 5.69 Å². The summed E-state index contributed by atoms with van der Waals surface area (Å²) in [5.74, 6) is 0. The minimum atomic E-state index is 0.296. The highest BCUT2D eigenvalue weighted by Gasteiger charge is 2.15. The van der Waals surface area contributed by atoms with Crippen LogP contribution in [0.15, 0.2) is 54.7 Å². The fraction of sp³-hybridized carbons (Fsp3) is 0.278. The molecule has 0 saturated carbocycles. The molecule has 0 amide bonds. The molecular formula is C18H21N3. The molecule has 3 aromatic rings. The number of hydrogen-bond acceptors (Lipinski definition) is 2. The second-order valence-corrected chi connectivity index (χ2v) is 5.60. The molecule has 1 unspecified atom stereocenters. The smallest absolute Gasteiger partial charge is 0.0572 e. The number of nitrogens with zero attached hydrogens (tertiary/aromatic N) is 3. The zero-order chi connectivity index (χ0) is 14.8. The maximum atomic E-state index is 4.46. The zero-order valence-corrected chi connectivity index (χ0v) is 12.8. The maximum Gasteiger partial charge on any atom is 0.0572 e. The van der Waals surface area contributed by atoms with Gasteiger partial charge in [-0.1, -0.05) is 24.3 Å². The second-order valence-electron chi connectivity index (χ2n) is 5.60. The Hall–Kier alpha value is -2.13. The monoisotopic (exact) mass is 279 g/mol. The van der Waals surface area contributed by atoms with Gasteiger partial charge in [-0.05, 0) is 43.6 Å². The van der Waals surface area contributed by atoms with Crippen molar-refractivity contribution in [2.45, 2.75) is 19.5 Å². The van der Waals surface area contributed by atoms with Crippen molar-refractivity contribution in [3.8, 4) is 0 Å².